The molecular weight excluding hydrogens is 506 g/mol. The minimum atomic E-state index is -0.189. The Morgan fingerprint density at radius 1 is 1.15 bits per heavy atom. The number of nitrogens with zero attached hydrogens (tertiary/aromatic N) is 3. The van der Waals surface area contributed by atoms with Gasteiger partial charge in [0.1, 0.15) is 6.61 Å². The number of hydrogen-bond donors (Lipinski definition) is 2. The van der Waals surface area contributed by atoms with Crippen molar-refractivity contribution in [3.8, 4) is 0 Å². The lowest BCUT2D eigenvalue weighted by molar-refractivity contribution is -0.119. The van der Waals surface area contributed by atoms with E-state index in [0.717, 1.165) is 28.2 Å². The first-order chi connectivity index (χ1) is 18.6. The second-order valence-electron chi connectivity index (χ2n) is 10.8. The van der Waals surface area contributed by atoms with Crippen LogP contribution in [0.2, 0.25) is 0 Å². The van der Waals surface area contributed by atoms with E-state index in [2.05, 4.69) is 83.6 Å². The second-order valence-corrected chi connectivity index (χ2v) is 11.2. The lowest BCUT2D eigenvalue weighted by atomic mass is 9.86. The fourth-order valence-electron chi connectivity index (χ4n) is 5.59. The van der Waals surface area contributed by atoms with Gasteiger partial charge in [0.15, 0.2) is 5.11 Å². The van der Waals surface area contributed by atoms with E-state index >= 15 is 0 Å². The molecule has 0 radical (unpaired) electrons. The molecule has 1 saturated heterocycles. The molecule has 1 fully saturated rings. The Hall–Kier alpha value is -3.75. The molecule has 8 heteroatoms. The summed E-state index contributed by atoms with van der Waals surface area (Å²) in [6.07, 6.45) is 4.14. The van der Waals surface area contributed by atoms with Gasteiger partial charge in [-0.1, -0.05) is 18.2 Å². The van der Waals surface area contributed by atoms with Gasteiger partial charge in [0.05, 0.1) is 23.3 Å². The number of rotatable bonds is 6. The van der Waals surface area contributed by atoms with Crippen molar-refractivity contribution in [2.45, 2.75) is 45.3 Å². The normalized spacial score (nSPS) is 19.8. The number of carbonyl (C=O) groups is 1. The van der Waals surface area contributed by atoms with Crippen LogP contribution >= 0.6 is 12.2 Å². The lowest BCUT2D eigenvalue weighted by Crippen LogP contribution is -2.42. The summed E-state index contributed by atoms with van der Waals surface area (Å²) < 4.78 is 4.96. The summed E-state index contributed by atoms with van der Waals surface area (Å²) in [5, 5.41) is 7.10. The van der Waals surface area contributed by atoms with E-state index in [4.69, 9.17) is 17.0 Å². The summed E-state index contributed by atoms with van der Waals surface area (Å²) >= 11 is 5.93. The first-order valence-electron chi connectivity index (χ1n) is 13.1. The van der Waals surface area contributed by atoms with Gasteiger partial charge in [-0.3, -0.25) is 9.78 Å². The lowest BCUT2D eigenvalue weighted by Gasteiger charge is -2.41. The summed E-state index contributed by atoms with van der Waals surface area (Å²) in [6.45, 7) is 8.63. The molecule has 2 aliphatic heterocycles. The Morgan fingerprint density at radius 3 is 2.64 bits per heavy atom. The number of likely N-dealkylation sites (N-methyl/N-ethyl adjacent to an activating group) is 1. The number of amides is 1. The molecule has 0 aliphatic carbocycles. The van der Waals surface area contributed by atoms with E-state index in [1.54, 1.807) is 0 Å². The van der Waals surface area contributed by atoms with Gasteiger partial charge >= 0.3 is 0 Å². The first kappa shape index (κ1) is 26.8. The molecule has 5 rings (SSSR count). The molecule has 0 unspecified atom stereocenters. The zero-order valence-electron chi connectivity index (χ0n) is 23.3. The van der Waals surface area contributed by atoms with Crippen molar-refractivity contribution in [2.75, 3.05) is 35.9 Å². The number of nitrogens with one attached hydrogen (secondary N) is 2. The smallest absolute Gasteiger partial charge is 0.250 e. The van der Waals surface area contributed by atoms with E-state index in [0.29, 0.717) is 5.11 Å². The molecule has 2 atom stereocenters. The van der Waals surface area contributed by atoms with Crippen LogP contribution in [0, 0.1) is 6.92 Å². The number of pyridine rings is 1. The highest BCUT2D eigenvalue weighted by Gasteiger charge is 2.41. The number of aromatic nitrogens is 1. The van der Waals surface area contributed by atoms with Crippen LogP contribution in [-0.4, -0.2) is 42.3 Å². The van der Waals surface area contributed by atoms with Gasteiger partial charge in [0.25, 0.3) is 0 Å². The second kappa shape index (κ2) is 10.4. The van der Waals surface area contributed by atoms with Crippen molar-refractivity contribution in [3.05, 3.63) is 89.3 Å². The molecule has 2 aromatic carbocycles. The average Bonchev–Trinajstić information content (AvgIpc) is 3.25. The van der Waals surface area contributed by atoms with E-state index in [-0.39, 0.29) is 30.1 Å². The molecule has 0 spiro atoms. The summed E-state index contributed by atoms with van der Waals surface area (Å²) in [5.41, 5.74) is 8.34. The number of aryl methyl sites for hydroxylation is 1. The van der Waals surface area contributed by atoms with Crippen molar-refractivity contribution in [2.24, 2.45) is 0 Å². The number of hydrogen-bond acceptors (Lipinski definition) is 5. The van der Waals surface area contributed by atoms with Gasteiger partial charge < -0.3 is 25.2 Å². The molecule has 202 valence electrons. The topological polar surface area (TPSA) is 69.7 Å². The summed E-state index contributed by atoms with van der Waals surface area (Å²) in [7, 11) is 3.65. The molecule has 2 aliphatic rings. The highest BCUT2D eigenvalue weighted by Crippen LogP contribution is 2.45. The number of ether oxygens (including phenoxy) is 1. The average molecular weight is 542 g/mol. The SMILES string of the molecule is COCC(=O)Nc1ccc(N2C(=S)N[C@H](c3ccccn3)[C@H]2c2ccc3c(c2)C(C)=CC(C)(C)N3C)cc1C. The van der Waals surface area contributed by atoms with Gasteiger partial charge in [0.2, 0.25) is 5.91 Å². The zero-order valence-corrected chi connectivity index (χ0v) is 24.1. The van der Waals surface area contributed by atoms with Gasteiger partial charge in [0, 0.05) is 43.0 Å². The van der Waals surface area contributed by atoms with Gasteiger partial charge in [-0.15, -0.1) is 0 Å². The molecule has 7 nitrogen and oxygen atoms in total. The Morgan fingerprint density at radius 2 is 1.95 bits per heavy atom. The van der Waals surface area contributed by atoms with Gasteiger partial charge in [-0.2, -0.15) is 0 Å². The van der Waals surface area contributed by atoms with E-state index in [9.17, 15) is 4.79 Å². The molecule has 3 heterocycles. The van der Waals surface area contributed by atoms with Crippen LogP contribution in [0.3, 0.4) is 0 Å². The Bertz CT molecular complexity index is 1450. The fraction of sp³-hybridized carbons (Fsp3) is 0.323. The summed E-state index contributed by atoms with van der Waals surface area (Å²) in [4.78, 5) is 21.3. The molecule has 2 N–H and O–H groups in total. The van der Waals surface area contributed by atoms with Crippen molar-refractivity contribution in [3.63, 3.8) is 0 Å². The highest BCUT2D eigenvalue weighted by atomic mass is 32.1. The third-order valence-corrected chi connectivity index (χ3v) is 8.03. The summed E-state index contributed by atoms with van der Waals surface area (Å²) in [5.74, 6) is -0.189. The molecule has 1 aromatic heterocycles. The number of anilines is 3. The van der Waals surface area contributed by atoms with Crippen LogP contribution in [-0.2, 0) is 9.53 Å². The van der Waals surface area contributed by atoms with Crippen LogP contribution in [0.1, 0.15) is 55.2 Å². The van der Waals surface area contributed by atoms with Crippen molar-refractivity contribution in [1.82, 2.24) is 10.3 Å². The molecule has 39 heavy (non-hydrogen) atoms. The van der Waals surface area contributed by atoms with E-state index in [1.807, 2.05) is 43.5 Å². The maximum absolute atomic E-state index is 12.1. The standard InChI is InChI=1S/C31H35N5O2S/c1-19-15-22(11-12-24(19)33-27(37)18-38-6)36-29(28(34-30(36)39)25-9-7-8-14-32-25)21-10-13-26-23(16-21)20(2)17-31(3,4)35(26)5/h7-17,28-29H,18H2,1-6H3,(H,33,37)(H,34,39)/t28-,29-/m1/s1. The number of benzene rings is 2. The fourth-order valence-corrected chi connectivity index (χ4v) is 5.93. The van der Waals surface area contributed by atoms with Crippen LogP contribution < -0.4 is 20.4 Å². The molecule has 0 saturated carbocycles. The Labute approximate surface area is 235 Å². The zero-order chi connectivity index (χ0) is 27.9. The van der Waals surface area contributed by atoms with Crippen LogP contribution in [0.25, 0.3) is 5.57 Å². The van der Waals surface area contributed by atoms with Gasteiger partial charge in [-0.05, 0) is 99.1 Å². The van der Waals surface area contributed by atoms with E-state index < -0.39 is 0 Å². The highest BCUT2D eigenvalue weighted by molar-refractivity contribution is 7.80. The third kappa shape index (κ3) is 5.02. The molecule has 0 bridgehead atoms. The number of thiocarbonyl (C=S) groups is 1. The van der Waals surface area contributed by atoms with Crippen molar-refractivity contribution in [1.29, 1.82) is 0 Å². The van der Waals surface area contributed by atoms with Crippen molar-refractivity contribution < 1.29 is 9.53 Å². The number of methoxy groups -OCH3 is 1. The van der Waals surface area contributed by atoms with Crippen molar-refractivity contribution >= 4 is 45.9 Å². The van der Waals surface area contributed by atoms with Gasteiger partial charge in [-0.25, -0.2) is 0 Å². The predicted octanol–water partition coefficient (Wildman–Crippen LogP) is 5.78. The minimum Gasteiger partial charge on any atom is -0.375 e. The molecule has 1 amide bonds. The predicted molar refractivity (Wildman–Crippen MR) is 162 cm³/mol. The largest absolute Gasteiger partial charge is 0.375 e. The van der Waals surface area contributed by atoms with Crippen LogP contribution in [0.15, 0.2) is 66.9 Å². The first-order valence-corrected chi connectivity index (χ1v) is 13.5. The maximum atomic E-state index is 12.1. The van der Waals surface area contributed by atoms with E-state index in [1.165, 1.54) is 23.9 Å². The third-order valence-electron chi connectivity index (χ3n) is 7.72. The molecular formula is C31H35N5O2S. The molecule has 3 aromatic rings. The number of fused-ring (bicyclic) bond motifs is 1. The number of allylic oxidation sites excluding steroid dienone is 1. The van der Waals surface area contributed by atoms with Crippen LogP contribution in [0.5, 0.6) is 0 Å². The monoisotopic (exact) mass is 541 g/mol. The summed E-state index contributed by atoms with van der Waals surface area (Å²) in [6, 6.07) is 18.4. The quantitative estimate of drug-likeness (QED) is 0.383. The number of carbonyl (C=O) groups excluding carboxylic acids is 1. The minimum absolute atomic E-state index is 0.00765. The van der Waals surface area contributed by atoms with Crippen LogP contribution in [0.4, 0.5) is 17.1 Å². The maximum Gasteiger partial charge on any atom is 0.250 e. The Kier molecular flexibility index (Phi) is 7.18. The Balaban J connectivity index is 1.59.